The third-order valence-corrected chi connectivity index (χ3v) is 3.61. The van der Waals surface area contributed by atoms with Crippen LogP contribution in [-0.4, -0.2) is 19.1 Å². The Bertz CT molecular complexity index is 530. The summed E-state index contributed by atoms with van der Waals surface area (Å²) in [6, 6.07) is 3.76. The van der Waals surface area contributed by atoms with E-state index in [-0.39, 0.29) is 22.2 Å². The molecule has 0 saturated heterocycles. The largest absolute Gasteiger partial charge is 0.294 e. The first-order valence-electron chi connectivity index (χ1n) is 4.80. The van der Waals surface area contributed by atoms with Crippen molar-refractivity contribution in [2.75, 3.05) is 10.5 Å². The molecule has 0 aromatic heterocycles. The molecule has 0 aliphatic heterocycles. The van der Waals surface area contributed by atoms with Gasteiger partial charge in [0.2, 0.25) is 10.0 Å². The van der Waals surface area contributed by atoms with Crippen LogP contribution in [0.2, 0.25) is 5.02 Å². The molecule has 1 rings (SSSR count). The molecule has 6 nitrogen and oxygen atoms in total. The van der Waals surface area contributed by atoms with E-state index in [2.05, 4.69) is 4.72 Å². The minimum Gasteiger partial charge on any atom is -0.277 e. The number of halogens is 1. The lowest BCUT2D eigenvalue weighted by molar-refractivity contribution is -0.383. The van der Waals surface area contributed by atoms with Crippen LogP contribution in [0.5, 0.6) is 0 Å². The maximum absolute atomic E-state index is 11.5. The van der Waals surface area contributed by atoms with Crippen LogP contribution in [0.3, 0.4) is 0 Å². The van der Waals surface area contributed by atoms with Gasteiger partial charge >= 0.3 is 0 Å². The average Bonchev–Trinajstić information content (AvgIpc) is 2.20. The van der Waals surface area contributed by atoms with Crippen molar-refractivity contribution in [1.29, 1.82) is 0 Å². The third-order valence-electron chi connectivity index (χ3n) is 1.89. The van der Waals surface area contributed by atoms with Crippen molar-refractivity contribution in [3.8, 4) is 0 Å². The number of anilines is 1. The molecule has 0 aliphatic carbocycles. The molecule has 0 spiro atoms. The lowest BCUT2D eigenvalue weighted by atomic mass is 10.3. The summed E-state index contributed by atoms with van der Waals surface area (Å²) in [6.45, 7) is 1.70. The number of rotatable bonds is 5. The van der Waals surface area contributed by atoms with Crippen molar-refractivity contribution in [2.24, 2.45) is 0 Å². The highest BCUT2D eigenvalue weighted by Gasteiger charge is 2.18. The van der Waals surface area contributed by atoms with Crippen molar-refractivity contribution in [3.05, 3.63) is 33.3 Å². The van der Waals surface area contributed by atoms with Gasteiger partial charge in [-0.15, -0.1) is 0 Å². The van der Waals surface area contributed by atoms with Gasteiger partial charge in [-0.3, -0.25) is 14.8 Å². The minimum absolute atomic E-state index is 0.0761. The van der Waals surface area contributed by atoms with Gasteiger partial charge in [-0.25, -0.2) is 8.42 Å². The summed E-state index contributed by atoms with van der Waals surface area (Å²) < 4.78 is 25.2. The monoisotopic (exact) mass is 278 g/mol. The Kier molecular flexibility index (Phi) is 4.30. The zero-order chi connectivity index (χ0) is 13.1. The number of nitro groups is 1. The summed E-state index contributed by atoms with van der Waals surface area (Å²) in [5, 5.41) is 10.9. The lowest BCUT2D eigenvalue weighted by Crippen LogP contribution is -2.16. The van der Waals surface area contributed by atoms with Gasteiger partial charge in [-0.1, -0.05) is 18.5 Å². The topological polar surface area (TPSA) is 89.3 Å². The van der Waals surface area contributed by atoms with Gasteiger partial charge in [-0.2, -0.15) is 0 Å². The highest BCUT2D eigenvalue weighted by Crippen LogP contribution is 2.28. The van der Waals surface area contributed by atoms with Gasteiger partial charge < -0.3 is 0 Å². The van der Waals surface area contributed by atoms with E-state index in [9.17, 15) is 18.5 Å². The second-order valence-corrected chi connectivity index (χ2v) is 5.62. The summed E-state index contributed by atoms with van der Waals surface area (Å²) >= 11 is 5.61. The highest BCUT2D eigenvalue weighted by molar-refractivity contribution is 7.92. The molecular formula is C9H11ClN2O4S. The second-order valence-electron chi connectivity index (χ2n) is 3.34. The minimum atomic E-state index is -3.55. The zero-order valence-corrected chi connectivity index (χ0v) is 10.6. The molecule has 94 valence electrons. The van der Waals surface area contributed by atoms with Crippen LogP contribution in [0.25, 0.3) is 0 Å². The van der Waals surface area contributed by atoms with Crippen LogP contribution in [0.15, 0.2) is 18.2 Å². The first kappa shape index (κ1) is 13.7. The van der Waals surface area contributed by atoms with E-state index in [1.807, 2.05) is 0 Å². The quantitative estimate of drug-likeness (QED) is 0.661. The van der Waals surface area contributed by atoms with E-state index >= 15 is 0 Å². The maximum atomic E-state index is 11.5. The third kappa shape index (κ3) is 3.86. The van der Waals surface area contributed by atoms with Crippen LogP contribution in [0, 0.1) is 10.1 Å². The molecule has 0 unspecified atom stereocenters. The molecule has 0 aliphatic rings. The van der Waals surface area contributed by atoms with Crippen molar-refractivity contribution < 1.29 is 13.3 Å². The van der Waals surface area contributed by atoms with Crippen LogP contribution < -0.4 is 4.72 Å². The van der Waals surface area contributed by atoms with E-state index in [1.165, 1.54) is 12.1 Å². The van der Waals surface area contributed by atoms with E-state index in [1.54, 1.807) is 6.92 Å². The molecule has 17 heavy (non-hydrogen) atoms. The predicted molar refractivity (Wildman–Crippen MR) is 65.8 cm³/mol. The summed E-state index contributed by atoms with van der Waals surface area (Å²) in [6.07, 6.45) is 0.427. The van der Waals surface area contributed by atoms with Crippen molar-refractivity contribution in [2.45, 2.75) is 13.3 Å². The first-order valence-corrected chi connectivity index (χ1v) is 6.83. The summed E-state index contributed by atoms with van der Waals surface area (Å²) in [5.41, 5.74) is -0.440. The molecule has 0 heterocycles. The van der Waals surface area contributed by atoms with Crippen molar-refractivity contribution in [3.63, 3.8) is 0 Å². The number of hydrogen-bond donors (Lipinski definition) is 1. The molecule has 0 fully saturated rings. The molecular weight excluding hydrogens is 268 g/mol. The van der Waals surface area contributed by atoms with Gasteiger partial charge in [0.15, 0.2) is 0 Å². The van der Waals surface area contributed by atoms with E-state index in [0.717, 1.165) is 6.07 Å². The van der Waals surface area contributed by atoms with E-state index < -0.39 is 14.9 Å². The summed E-state index contributed by atoms with van der Waals surface area (Å²) in [5.74, 6) is -0.0905. The molecule has 8 heteroatoms. The van der Waals surface area contributed by atoms with Crippen molar-refractivity contribution >= 4 is 33.0 Å². The molecule has 0 saturated carbocycles. The molecule has 1 aromatic carbocycles. The Morgan fingerprint density at radius 3 is 2.65 bits per heavy atom. The Morgan fingerprint density at radius 2 is 2.12 bits per heavy atom. The number of benzene rings is 1. The predicted octanol–water partition coefficient (Wildman–Crippen LogP) is 2.40. The average molecular weight is 279 g/mol. The summed E-state index contributed by atoms with van der Waals surface area (Å²) in [7, 11) is -3.55. The number of sulfonamides is 1. The summed E-state index contributed by atoms with van der Waals surface area (Å²) in [4.78, 5) is 10.0. The molecule has 0 atom stereocenters. The SMILES string of the molecule is CCCS(=O)(=O)Nc1ccc(Cl)cc1[N+](=O)[O-]. The van der Waals surface area contributed by atoms with Crippen LogP contribution >= 0.6 is 11.6 Å². The molecule has 0 bridgehead atoms. The number of nitro benzene ring substituents is 1. The van der Waals surface area contributed by atoms with Gasteiger partial charge in [0.25, 0.3) is 5.69 Å². The van der Waals surface area contributed by atoms with E-state index in [4.69, 9.17) is 11.6 Å². The fourth-order valence-electron chi connectivity index (χ4n) is 1.23. The first-order chi connectivity index (χ1) is 7.85. The number of hydrogen-bond acceptors (Lipinski definition) is 4. The van der Waals surface area contributed by atoms with Gasteiger partial charge in [0, 0.05) is 11.1 Å². The Hall–Kier alpha value is -1.34. The second kappa shape index (κ2) is 5.33. The normalized spacial score (nSPS) is 11.2. The Balaban J connectivity index is 3.11. The molecule has 1 N–H and O–H groups in total. The smallest absolute Gasteiger partial charge is 0.277 e. The maximum Gasteiger partial charge on any atom is 0.294 e. The van der Waals surface area contributed by atoms with Crippen LogP contribution in [0.1, 0.15) is 13.3 Å². The zero-order valence-electron chi connectivity index (χ0n) is 9.01. The number of nitrogens with zero attached hydrogens (tertiary/aromatic N) is 1. The highest BCUT2D eigenvalue weighted by atomic mass is 35.5. The number of nitrogens with one attached hydrogen (secondary N) is 1. The lowest BCUT2D eigenvalue weighted by Gasteiger charge is -2.07. The fraction of sp³-hybridized carbons (Fsp3) is 0.333. The van der Waals surface area contributed by atoms with Crippen LogP contribution in [-0.2, 0) is 10.0 Å². The van der Waals surface area contributed by atoms with Gasteiger partial charge in [-0.05, 0) is 18.6 Å². The molecule has 1 aromatic rings. The van der Waals surface area contributed by atoms with Crippen LogP contribution in [0.4, 0.5) is 11.4 Å². The Morgan fingerprint density at radius 1 is 1.47 bits per heavy atom. The molecule has 0 amide bonds. The fourth-order valence-corrected chi connectivity index (χ4v) is 2.54. The molecule has 0 radical (unpaired) electrons. The Labute approximate surface area is 104 Å². The van der Waals surface area contributed by atoms with Gasteiger partial charge in [0.1, 0.15) is 5.69 Å². The standard InChI is InChI=1S/C9H11ClN2O4S/c1-2-5-17(15,16)11-8-4-3-7(10)6-9(8)12(13)14/h3-4,6,11H,2,5H2,1H3. The van der Waals surface area contributed by atoms with Crippen molar-refractivity contribution in [1.82, 2.24) is 0 Å². The van der Waals surface area contributed by atoms with E-state index in [0.29, 0.717) is 6.42 Å². The van der Waals surface area contributed by atoms with Gasteiger partial charge in [0.05, 0.1) is 10.7 Å².